The molecule has 0 radical (unpaired) electrons. The van der Waals surface area contributed by atoms with Gasteiger partial charge in [0.2, 0.25) is 0 Å². The van der Waals surface area contributed by atoms with Crippen LogP contribution in [0.15, 0.2) is 90.0 Å². The van der Waals surface area contributed by atoms with Crippen LogP contribution in [0.3, 0.4) is 0 Å². The molecule has 3 rings (SSSR count). The average Bonchev–Trinajstić information content (AvgIpc) is 2.74. The lowest BCUT2D eigenvalue weighted by Gasteiger charge is -2.27. The molecule has 0 saturated carbocycles. The van der Waals surface area contributed by atoms with Crippen molar-refractivity contribution in [3.63, 3.8) is 0 Å². The number of nitro benzene ring substituents is 1. The third-order valence-corrected chi connectivity index (χ3v) is 4.17. The monoisotopic (exact) mass is 375 g/mol. The minimum atomic E-state index is -1.94. The highest BCUT2D eigenvalue weighted by Crippen LogP contribution is 2.29. The largest absolute Gasteiger partial charge is 0.372 e. The number of hydrogen-bond donors (Lipinski definition) is 2. The van der Waals surface area contributed by atoms with Crippen molar-refractivity contribution in [2.75, 3.05) is 0 Å². The van der Waals surface area contributed by atoms with E-state index >= 15 is 0 Å². The highest BCUT2D eigenvalue weighted by Gasteiger charge is 2.39. The van der Waals surface area contributed by atoms with Gasteiger partial charge in [-0.25, -0.2) is 5.43 Å². The van der Waals surface area contributed by atoms with Crippen molar-refractivity contribution in [2.24, 2.45) is 5.10 Å². The Bertz CT molecular complexity index is 965. The number of aliphatic hydroxyl groups is 1. The molecule has 0 aromatic heterocycles. The fourth-order valence-electron chi connectivity index (χ4n) is 2.75. The molecule has 0 aliphatic heterocycles. The number of nitrogens with zero attached hydrogens (tertiary/aromatic N) is 2. The molecule has 3 aromatic carbocycles. The first-order chi connectivity index (χ1) is 13.5. The third-order valence-electron chi connectivity index (χ3n) is 4.17. The zero-order chi connectivity index (χ0) is 20.0. The highest BCUT2D eigenvalue weighted by atomic mass is 16.6. The summed E-state index contributed by atoms with van der Waals surface area (Å²) in [4.78, 5) is 23.2. The second-order valence-electron chi connectivity index (χ2n) is 5.99. The molecule has 7 nitrogen and oxygen atoms in total. The molecule has 0 atom stereocenters. The second kappa shape index (κ2) is 8.24. The summed E-state index contributed by atoms with van der Waals surface area (Å²) >= 11 is 0. The number of nitro groups is 1. The zero-order valence-corrected chi connectivity index (χ0v) is 14.7. The van der Waals surface area contributed by atoms with Gasteiger partial charge in [-0.15, -0.1) is 0 Å². The molecule has 0 spiro atoms. The molecule has 0 bridgehead atoms. The Labute approximate surface area is 161 Å². The molecule has 1 amide bonds. The molecule has 140 valence electrons. The number of carbonyl (C=O) groups excluding carboxylic acids is 1. The van der Waals surface area contributed by atoms with Gasteiger partial charge < -0.3 is 5.11 Å². The normalized spacial score (nSPS) is 11.3. The lowest BCUT2D eigenvalue weighted by atomic mass is 9.85. The number of amides is 1. The summed E-state index contributed by atoms with van der Waals surface area (Å²) in [6.07, 6.45) is 1.28. The molecule has 0 heterocycles. The summed E-state index contributed by atoms with van der Waals surface area (Å²) in [7, 11) is 0. The zero-order valence-electron chi connectivity index (χ0n) is 14.7. The Balaban J connectivity index is 1.87. The van der Waals surface area contributed by atoms with E-state index in [2.05, 4.69) is 10.5 Å². The van der Waals surface area contributed by atoms with E-state index in [0.29, 0.717) is 16.7 Å². The van der Waals surface area contributed by atoms with Crippen molar-refractivity contribution in [3.05, 3.63) is 112 Å². The summed E-state index contributed by atoms with van der Waals surface area (Å²) in [6, 6.07) is 22.9. The molecular formula is C21H17N3O4. The first kappa shape index (κ1) is 18.9. The van der Waals surface area contributed by atoms with Gasteiger partial charge in [0, 0.05) is 17.7 Å². The van der Waals surface area contributed by atoms with E-state index in [0.717, 1.165) is 0 Å². The van der Waals surface area contributed by atoms with Crippen LogP contribution in [0.2, 0.25) is 0 Å². The van der Waals surface area contributed by atoms with Gasteiger partial charge in [0.05, 0.1) is 11.1 Å². The van der Waals surface area contributed by atoms with Crippen molar-refractivity contribution in [2.45, 2.75) is 5.60 Å². The fourth-order valence-corrected chi connectivity index (χ4v) is 2.75. The van der Waals surface area contributed by atoms with Crippen LogP contribution in [-0.2, 0) is 10.4 Å². The Morgan fingerprint density at radius 2 is 1.54 bits per heavy atom. The second-order valence-corrected chi connectivity index (χ2v) is 5.99. The van der Waals surface area contributed by atoms with Crippen LogP contribution in [0.4, 0.5) is 5.69 Å². The van der Waals surface area contributed by atoms with Crippen LogP contribution in [0.25, 0.3) is 0 Å². The molecule has 7 heteroatoms. The predicted octanol–water partition coefficient (Wildman–Crippen LogP) is 2.98. The van der Waals surface area contributed by atoms with Gasteiger partial charge in [0.25, 0.3) is 11.6 Å². The van der Waals surface area contributed by atoms with E-state index < -0.39 is 16.4 Å². The summed E-state index contributed by atoms with van der Waals surface area (Å²) in [5.41, 5.74) is 1.53. The quantitative estimate of drug-likeness (QED) is 0.392. The number of hydrazone groups is 1. The number of non-ortho nitro benzene ring substituents is 1. The molecule has 0 fully saturated rings. The standard InChI is InChI=1S/C21H17N3O4/c25-20(23-22-15-16-8-7-13-19(14-16)24(27)28)21(26,17-9-3-1-4-10-17)18-11-5-2-6-12-18/h1-15,26H,(H,23,25). The number of hydrogen-bond acceptors (Lipinski definition) is 5. The van der Waals surface area contributed by atoms with Gasteiger partial charge in [-0.1, -0.05) is 72.8 Å². The summed E-state index contributed by atoms with van der Waals surface area (Å²) in [5, 5.41) is 26.0. The van der Waals surface area contributed by atoms with Crippen molar-refractivity contribution in [3.8, 4) is 0 Å². The first-order valence-electron chi connectivity index (χ1n) is 8.43. The Morgan fingerprint density at radius 3 is 2.07 bits per heavy atom. The van der Waals surface area contributed by atoms with Crippen molar-refractivity contribution in [1.29, 1.82) is 0 Å². The summed E-state index contributed by atoms with van der Waals surface area (Å²) in [5.74, 6) is -0.744. The van der Waals surface area contributed by atoms with Gasteiger partial charge >= 0.3 is 0 Å². The molecule has 0 aliphatic carbocycles. The molecule has 3 aromatic rings. The molecule has 0 saturated heterocycles. The van der Waals surface area contributed by atoms with Gasteiger partial charge in [-0.2, -0.15) is 5.10 Å². The Hall–Kier alpha value is -3.84. The van der Waals surface area contributed by atoms with E-state index in [4.69, 9.17) is 0 Å². The molecule has 0 aliphatic rings. The van der Waals surface area contributed by atoms with Gasteiger partial charge in [-0.05, 0) is 11.1 Å². The lowest BCUT2D eigenvalue weighted by molar-refractivity contribution is -0.384. The van der Waals surface area contributed by atoms with E-state index in [9.17, 15) is 20.0 Å². The molecule has 28 heavy (non-hydrogen) atoms. The van der Waals surface area contributed by atoms with Gasteiger partial charge in [-0.3, -0.25) is 14.9 Å². The maximum atomic E-state index is 12.8. The average molecular weight is 375 g/mol. The first-order valence-corrected chi connectivity index (χ1v) is 8.43. The van der Waals surface area contributed by atoms with Crippen LogP contribution in [0.5, 0.6) is 0 Å². The van der Waals surface area contributed by atoms with Crippen molar-refractivity contribution >= 4 is 17.8 Å². The predicted molar refractivity (Wildman–Crippen MR) is 105 cm³/mol. The highest BCUT2D eigenvalue weighted by molar-refractivity contribution is 5.91. The van der Waals surface area contributed by atoms with E-state index in [1.807, 2.05) is 0 Å². The smallest absolute Gasteiger partial charge is 0.281 e. The molecular weight excluding hydrogens is 358 g/mol. The van der Waals surface area contributed by atoms with Crippen LogP contribution >= 0.6 is 0 Å². The van der Waals surface area contributed by atoms with Crippen LogP contribution in [0, 0.1) is 10.1 Å². The van der Waals surface area contributed by atoms with Gasteiger partial charge in [0.1, 0.15) is 0 Å². The number of rotatable bonds is 6. The Morgan fingerprint density at radius 1 is 0.964 bits per heavy atom. The topological polar surface area (TPSA) is 105 Å². The number of nitrogens with one attached hydrogen (secondary N) is 1. The maximum Gasteiger partial charge on any atom is 0.281 e. The van der Waals surface area contributed by atoms with Crippen molar-refractivity contribution < 1.29 is 14.8 Å². The van der Waals surface area contributed by atoms with Gasteiger partial charge in [0.15, 0.2) is 5.60 Å². The number of benzene rings is 3. The van der Waals surface area contributed by atoms with Crippen LogP contribution < -0.4 is 5.43 Å². The van der Waals surface area contributed by atoms with E-state index in [1.165, 1.54) is 24.4 Å². The van der Waals surface area contributed by atoms with E-state index in [-0.39, 0.29) is 5.69 Å². The maximum absolute atomic E-state index is 12.8. The molecule has 0 unspecified atom stereocenters. The fraction of sp³-hybridized carbons (Fsp3) is 0.0476. The molecule has 2 N–H and O–H groups in total. The van der Waals surface area contributed by atoms with E-state index in [1.54, 1.807) is 66.7 Å². The Kier molecular flexibility index (Phi) is 5.57. The minimum absolute atomic E-state index is 0.0830. The number of carbonyl (C=O) groups is 1. The van der Waals surface area contributed by atoms with Crippen molar-refractivity contribution in [1.82, 2.24) is 5.43 Å². The van der Waals surface area contributed by atoms with Crippen LogP contribution in [-0.4, -0.2) is 22.2 Å². The lowest BCUT2D eigenvalue weighted by Crippen LogP contribution is -2.43. The summed E-state index contributed by atoms with van der Waals surface area (Å²) in [6.45, 7) is 0. The third kappa shape index (κ3) is 3.94. The SMILES string of the molecule is O=C(NN=Cc1cccc([N+](=O)[O-])c1)C(O)(c1ccccc1)c1ccccc1. The van der Waals surface area contributed by atoms with Crippen LogP contribution in [0.1, 0.15) is 16.7 Å². The minimum Gasteiger partial charge on any atom is -0.372 e. The summed E-state index contributed by atoms with van der Waals surface area (Å²) < 4.78 is 0.